The summed E-state index contributed by atoms with van der Waals surface area (Å²) in [5, 5.41) is 7.42. The number of pyridine rings is 1. The molecule has 6 heteroatoms. The van der Waals surface area contributed by atoms with Gasteiger partial charge in [-0.3, -0.25) is 14.6 Å². The van der Waals surface area contributed by atoms with Gasteiger partial charge in [0.15, 0.2) is 0 Å². The molecular formula is C31H30N4O2. The van der Waals surface area contributed by atoms with E-state index in [2.05, 4.69) is 26.7 Å². The Morgan fingerprint density at radius 3 is 2.14 bits per heavy atom. The molecule has 4 fully saturated rings. The van der Waals surface area contributed by atoms with Gasteiger partial charge in [-0.2, -0.15) is 0 Å². The van der Waals surface area contributed by atoms with Gasteiger partial charge in [0.2, 0.25) is 0 Å². The van der Waals surface area contributed by atoms with Crippen LogP contribution < -0.4 is 10.6 Å². The highest BCUT2D eigenvalue weighted by atomic mass is 16.2. The Hall–Kier alpha value is -3.93. The number of fused-ring (bicyclic) bond motifs is 1. The maximum Gasteiger partial charge on any atom is 0.255 e. The van der Waals surface area contributed by atoms with Gasteiger partial charge in [0.25, 0.3) is 11.8 Å². The fourth-order valence-corrected chi connectivity index (χ4v) is 7.45. The number of rotatable bonds is 5. The lowest BCUT2D eigenvalue weighted by molar-refractivity contribution is -0.0167. The molecule has 2 aromatic carbocycles. The number of carbonyl (C=O) groups is 2. The van der Waals surface area contributed by atoms with Gasteiger partial charge in [-0.05, 0) is 110 Å². The van der Waals surface area contributed by atoms with E-state index in [4.69, 9.17) is 0 Å². The molecule has 4 aromatic rings. The average Bonchev–Trinajstić information content (AvgIpc) is 3.32. The molecule has 37 heavy (non-hydrogen) atoms. The number of anilines is 1. The number of aromatic nitrogens is 2. The fourth-order valence-electron chi connectivity index (χ4n) is 7.45. The molecule has 0 aliphatic heterocycles. The van der Waals surface area contributed by atoms with Crippen molar-refractivity contribution < 1.29 is 9.59 Å². The van der Waals surface area contributed by atoms with E-state index in [1.54, 1.807) is 24.5 Å². The maximum atomic E-state index is 13.3. The lowest BCUT2D eigenvalue weighted by Gasteiger charge is -2.56. The van der Waals surface area contributed by atoms with Crippen LogP contribution in [0.3, 0.4) is 0 Å². The molecule has 4 bridgehead atoms. The minimum Gasteiger partial charge on any atom is -0.355 e. The van der Waals surface area contributed by atoms with Crippen molar-refractivity contribution in [1.82, 2.24) is 15.3 Å². The normalized spacial score (nSPS) is 25.8. The summed E-state index contributed by atoms with van der Waals surface area (Å²) in [5.41, 5.74) is 5.01. The molecule has 8 rings (SSSR count). The zero-order valence-corrected chi connectivity index (χ0v) is 20.7. The summed E-state index contributed by atoms with van der Waals surface area (Å²) in [6.45, 7) is 0. The van der Waals surface area contributed by atoms with Gasteiger partial charge in [-0.1, -0.05) is 12.1 Å². The highest BCUT2D eigenvalue weighted by Crippen LogP contribution is 2.55. The minimum atomic E-state index is -0.167. The molecule has 2 amide bonds. The monoisotopic (exact) mass is 490 g/mol. The maximum absolute atomic E-state index is 13.3. The highest BCUT2D eigenvalue weighted by molar-refractivity contribution is 6.04. The Morgan fingerprint density at radius 1 is 0.784 bits per heavy atom. The van der Waals surface area contributed by atoms with Crippen molar-refractivity contribution in [2.24, 2.45) is 17.8 Å². The van der Waals surface area contributed by atoms with Crippen molar-refractivity contribution in [2.45, 2.75) is 44.1 Å². The second-order valence-corrected chi connectivity index (χ2v) is 11.4. The molecule has 186 valence electrons. The molecule has 0 unspecified atom stereocenters. The van der Waals surface area contributed by atoms with Crippen molar-refractivity contribution in [1.29, 1.82) is 0 Å². The summed E-state index contributed by atoms with van der Waals surface area (Å²) in [6.07, 6.45) is 10.8. The van der Waals surface area contributed by atoms with Crippen LogP contribution in [0.2, 0.25) is 0 Å². The van der Waals surface area contributed by atoms with Gasteiger partial charge in [-0.25, -0.2) is 0 Å². The first-order valence-electron chi connectivity index (χ1n) is 13.3. The van der Waals surface area contributed by atoms with Crippen LogP contribution in [0.25, 0.3) is 22.2 Å². The van der Waals surface area contributed by atoms with Crippen molar-refractivity contribution in [3.05, 3.63) is 84.2 Å². The molecular weight excluding hydrogens is 460 g/mol. The van der Waals surface area contributed by atoms with E-state index in [-0.39, 0.29) is 17.4 Å². The lowest BCUT2D eigenvalue weighted by Crippen LogP contribution is -2.59. The van der Waals surface area contributed by atoms with Crippen LogP contribution >= 0.6 is 0 Å². The summed E-state index contributed by atoms with van der Waals surface area (Å²) >= 11 is 0. The van der Waals surface area contributed by atoms with Crippen LogP contribution in [-0.2, 0) is 0 Å². The molecule has 2 heterocycles. The topological polar surface area (TPSA) is 86.9 Å². The van der Waals surface area contributed by atoms with E-state index in [0.717, 1.165) is 70.4 Å². The molecule has 2 aromatic heterocycles. The quantitative estimate of drug-likeness (QED) is 0.312. The second kappa shape index (κ2) is 8.58. The number of H-pyrrole nitrogens is 1. The second-order valence-electron chi connectivity index (χ2n) is 11.4. The number of hydrogen-bond donors (Lipinski definition) is 3. The Balaban J connectivity index is 1.07. The van der Waals surface area contributed by atoms with Crippen molar-refractivity contribution >= 4 is 28.4 Å². The molecule has 4 saturated carbocycles. The fraction of sp³-hybridized carbons (Fsp3) is 0.323. The Morgan fingerprint density at radius 2 is 1.46 bits per heavy atom. The first-order chi connectivity index (χ1) is 18.0. The first kappa shape index (κ1) is 22.3. The van der Waals surface area contributed by atoms with E-state index < -0.39 is 0 Å². The van der Waals surface area contributed by atoms with E-state index in [1.165, 1.54) is 19.3 Å². The Labute approximate surface area is 215 Å². The standard InChI is InChI=1S/C31H30N4O2/c36-29(23-7-9-32-10-8-23)33-26-4-1-22(2-5-26)28-15-25-14-24(3-6-27(25)34-28)30(37)35-31-16-19-11-20(17-31)13-21(12-19)18-31/h1-10,14-15,19-21,34H,11-13,16-18H2,(H,33,36)(H,35,37). The zero-order valence-electron chi connectivity index (χ0n) is 20.7. The third-order valence-electron chi connectivity index (χ3n) is 8.70. The SMILES string of the molecule is O=C(Nc1ccc(-c2cc3cc(C(=O)NC45CC6CC(CC(C6)C4)C5)ccc3[nH]2)cc1)c1ccncc1. The number of benzene rings is 2. The molecule has 6 nitrogen and oxygen atoms in total. The van der Waals surface area contributed by atoms with Crippen LogP contribution in [0.15, 0.2) is 73.1 Å². The van der Waals surface area contributed by atoms with E-state index in [9.17, 15) is 9.59 Å². The predicted molar refractivity (Wildman–Crippen MR) is 144 cm³/mol. The van der Waals surface area contributed by atoms with Crippen LogP contribution in [-0.4, -0.2) is 27.3 Å². The van der Waals surface area contributed by atoms with Crippen LogP contribution in [0.4, 0.5) is 5.69 Å². The number of nitrogens with one attached hydrogen (secondary N) is 3. The van der Waals surface area contributed by atoms with Gasteiger partial charge in [0.1, 0.15) is 0 Å². The first-order valence-corrected chi connectivity index (χ1v) is 13.3. The Bertz CT molecular complexity index is 1450. The Kier molecular flexibility index (Phi) is 5.17. The van der Waals surface area contributed by atoms with Gasteiger partial charge < -0.3 is 15.6 Å². The number of carbonyl (C=O) groups excluding carboxylic acids is 2. The predicted octanol–water partition coefficient (Wildman–Crippen LogP) is 6.18. The van der Waals surface area contributed by atoms with E-state index >= 15 is 0 Å². The number of nitrogens with zero attached hydrogens (tertiary/aromatic N) is 1. The zero-order chi connectivity index (χ0) is 25.0. The van der Waals surface area contributed by atoms with E-state index in [0.29, 0.717) is 5.56 Å². The summed E-state index contributed by atoms with van der Waals surface area (Å²) in [4.78, 5) is 33.1. The summed E-state index contributed by atoms with van der Waals surface area (Å²) < 4.78 is 0. The van der Waals surface area contributed by atoms with Crippen LogP contribution in [0.1, 0.15) is 59.2 Å². The minimum absolute atomic E-state index is 0.0126. The molecule has 0 saturated heterocycles. The number of aromatic amines is 1. The van der Waals surface area contributed by atoms with Gasteiger partial charge in [0, 0.05) is 51.3 Å². The largest absolute Gasteiger partial charge is 0.355 e. The summed E-state index contributed by atoms with van der Waals surface area (Å²) in [7, 11) is 0. The van der Waals surface area contributed by atoms with Gasteiger partial charge in [-0.15, -0.1) is 0 Å². The number of hydrogen-bond acceptors (Lipinski definition) is 3. The summed E-state index contributed by atoms with van der Waals surface area (Å²) in [5.74, 6) is 2.30. The lowest BCUT2D eigenvalue weighted by atomic mass is 9.53. The van der Waals surface area contributed by atoms with Crippen molar-refractivity contribution in [3.8, 4) is 11.3 Å². The molecule has 4 aliphatic rings. The molecule has 4 aliphatic carbocycles. The average molecular weight is 491 g/mol. The number of amides is 2. The van der Waals surface area contributed by atoms with E-state index in [1.807, 2.05) is 42.5 Å². The van der Waals surface area contributed by atoms with Gasteiger partial charge in [0.05, 0.1) is 0 Å². The molecule has 0 atom stereocenters. The van der Waals surface area contributed by atoms with Crippen LogP contribution in [0, 0.1) is 17.8 Å². The molecule has 3 N–H and O–H groups in total. The smallest absolute Gasteiger partial charge is 0.255 e. The summed E-state index contributed by atoms with van der Waals surface area (Å²) in [6, 6.07) is 19.1. The molecule has 0 spiro atoms. The van der Waals surface area contributed by atoms with Crippen LogP contribution in [0.5, 0.6) is 0 Å². The van der Waals surface area contributed by atoms with Crippen molar-refractivity contribution in [3.63, 3.8) is 0 Å². The van der Waals surface area contributed by atoms with Gasteiger partial charge >= 0.3 is 0 Å². The third-order valence-corrected chi connectivity index (χ3v) is 8.70. The molecule has 0 radical (unpaired) electrons. The highest BCUT2D eigenvalue weighted by Gasteiger charge is 2.51. The van der Waals surface area contributed by atoms with Crippen molar-refractivity contribution in [2.75, 3.05) is 5.32 Å². The third kappa shape index (κ3) is 4.20.